The van der Waals surface area contributed by atoms with Crippen LogP contribution in [0.1, 0.15) is 45.1 Å². The van der Waals surface area contributed by atoms with Gasteiger partial charge in [-0.3, -0.25) is 4.79 Å². The van der Waals surface area contributed by atoms with Crippen LogP contribution in [0.3, 0.4) is 0 Å². The van der Waals surface area contributed by atoms with Crippen molar-refractivity contribution in [2.75, 3.05) is 27.4 Å². The van der Waals surface area contributed by atoms with Crippen molar-refractivity contribution in [3.63, 3.8) is 0 Å². The zero-order valence-corrected chi connectivity index (χ0v) is 17.7. The summed E-state index contributed by atoms with van der Waals surface area (Å²) in [5.41, 5.74) is 0.649. The standard InChI is InChI=1S/C22H32O7/c1-5-7-11-16(6-2)21(24)29-18(14-23)15-28-22(25)20(27-4)19(26-3)17-12-9-8-10-13-17/h8-10,12-13,16,18,23H,5-7,11,14-15H2,1-4H3. The zero-order valence-electron chi connectivity index (χ0n) is 17.7. The predicted octanol–water partition coefficient (Wildman–Crippen LogP) is 3.31. The molecule has 0 amide bonds. The van der Waals surface area contributed by atoms with E-state index in [1.807, 2.05) is 13.0 Å². The molecule has 0 aliphatic heterocycles. The summed E-state index contributed by atoms with van der Waals surface area (Å²) in [4.78, 5) is 24.8. The number of hydrogen-bond acceptors (Lipinski definition) is 7. The maximum absolute atomic E-state index is 12.5. The van der Waals surface area contributed by atoms with Gasteiger partial charge in [0.25, 0.3) is 0 Å². The molecule has 0 saturated carbocycles. The fraction of sp³-hybridized carbons (Fsp3) is 0.545. The highest BCUT2D eigenvalue weighted by Gasteiger charge is 2.25. The van der Waals surface area contributed by atoms with E-state index in [0.717, 1.165) is 19.3 Å². The number of aliphatic hydroxyl groups excluding tert-OH is 1. The zero-order chi connectivity index (χ0) is 21.6. The average Bonchev–Trinajstić information content (AvgIpc) is 2.75. The first-order valence-corrected chi connectivity index (χ1v) is 9.88. The number of ether oxygens (including phenoxy) is 4. The SMILES string of the molecule is CCCCC(CC)C(=O)OC(CO)COC(=O)C(OC)=C(OC)c1ccccc1. The van der Waals surface area contributed by atoms with E-state index in [0.29, 0.717) is 12.0 Å². The van der Waals surface area contributed by atoms with Gasteiger partial charge >= 0.3 is 11.9 Å². The third-order valence-electron chi connectivity index (χ3n) is 4.45. The minimum absolute atomic E-state index is 0.115. The molecule has 1 aromatic carbocycles. The Morgan fingerprint density at radius 1 is 1.07 bits per heavy atom. The van der Waals surface area contributed by atoms with Crippen LogP contribution in [0.2, 0.25) is 0 Å². The predicted molar refractivity (Wildman–Crippen MR) is 109 cm³/mol. The van der Waals surface area contributed by atoms with Crippen molar-refractivity contribution in [2.24, 2.45) is 5.92 Å². The van der Waals surface area contributed by atoms with Crippen LogP contribution in [0, 0.1) is 5.92 Å². The van der Waals surface area contributed by atoms with Crippen LogP contribution in [-0.2, 0) is 28.5 Å². The van der Waals surface area contributed by atoms with Crippen LogP contribution in [0.5, 0.6) is 0 Å². The molecule has 0 spiro atoms. The van der Waals surface area contributed by atoms with Crippen molar-refractivity contribution in [2.45, 2.75) is 45.6 Å². The maximum atomic E-state index is 12.5. The number of rotatable bonds is 13. The topological polar surface area (TPSA) is 91.3 Å². The molecule has 2 atom stereocenters. The second-order valence-electron chi connectivity index (χ2n) is 6.52. The summed E-state index contributed by atoms with van der Waals surface area (Å²) in [6.07, 6.45) is 2.35. The van der Waals surface area contributed by atoms with Crippen molar-refractivity contribution in [1.82, 2.24) is 0 Å². The molecule has 2 unspecified atom stereocenters. The molecule has 1 N–H and O–H groups in total. The number of hydrogen-bond donors (Lipinski definition) is 1. The third kappa shape index (κ3) is 7.77. The Morgan fingerprint density at radius 2 is 1.76 bits per heavy atom. The summed E-state index contributed by atoms with van der Waals surface area (Å²) in [5, 5.41) is 9.51. The van der Waals surface area contributed by atoms with E-state index in [1.165, 1.54) is 14.2 Å². The highest BCUT2D eigenvalue weighted by Crippen LogP contribution is 2.21. The van der Waals surface area contributed by atoms with Crippen molar-refractivity contribution in [1.29, 1.82) is 0 Å². The van der Waals surface area contributed by atoms with Crippen molar-refractivity contribution < 1.29 is 33.6 Å². The molecule has 0 heterocycles. The van der Waals surface area contributed by atoms with Gasteiger partial charge in [-0.15, -0.1) is 0 Å². The summed E-state index contributed by atoms with van der Waals surface area (Å²) < 4.78 is 21.0. The molecule has 1 rings (SSSR count). The Kier molecular flexibility index (Phi) is 11.5. The van der Waals surface area contributed by atoms with E-state index in [1.54, 1.807) is 24.3 Å². The summed E-state index contributed by atoms with van der Waals surface area (Å²) in [6, 6.07) is 8.98. The Balaban J connectivity index is 2.78. The normalized spacial score (nSPS) is 13.7. The minimum atomic E-state index is -0.942. The lowest BCUT2D eigenvalue weighted by Crippen LogP contribution is -2.31. The van der Waals surface area contributed by atoms with Gasteiger partial charge in [-0.1, -0.05) is 57.0 Å². The molecule has 162 valence electrons. The number of carbonyl (C=O) groups is 2. The molecule has 0 saturated heterocycles. The minimum Gasteiger partial charge on any atom is -0.492 e. The molecule has 7 heteroatoms. The second-order valence-corrected chi connectivity index (χ2v) is 6.52. The monoisotopic (exact) mass is 408 g/mol. The lowest BCUT2D eigenvalue weighted by atomic mass is 10.00. The smallest absolute Gasteiger partial charge is 0.377 e. The first-order valence-electron chi connectivity index (χ1n) is 9.88. The van der Waals surface area contributed by atoms with Gasteiger partial charge < -0.3 is 24.1 Å². The van der Waals surface area contributed by atoms with E-state index in [-0.39, 0.29) is 30.0 Å². The van der Waals surface area contributed by atoms with Crippen LogP contribution in [0.25, 0.3) is 5.76 Å². The number of aliphatic hydroxyl groups is 1. The van der Waals surface area contributed by atoms with Crippen molar-refractivity contribution >= 4 is 17.7 Å². The van der Waals surface area contributed by atoms with Crippen LogP contribution >= 0.6 is 0 Å². The fourth-order valence-electron chi connectivity index (χ4n) is 2.76. The van der Waals surface area contributed by atoms with Crippen molar-refractivity contribution in [3.05, 3.63) is 41.7 Å². The Labute approximate surface area is 172 Å². The molecular formula is C22H32O7. The molecule has 0 aliphatic rings. The molecule has 29 heavy (non-hydrogen) atoms. The lowest BCUT2D eigenvalue weighted by Gasteiger charge is -2.20. The van der Waals surface area contributed by atoms with E-state index in [9.17, 15) is 14.7 Å². The van der Waals surface area contributed by atoms with Crippen LogP contribution in [0.15, 0.2) is 36.1 Å². The first-order chi connectivity index (χ1) is 14.0. The van der Waals surface area contributed by atoms with Gasteiger partial charge in [-0.05, 0) is 12.8 Å². The van der Waals surface area contributed by atoms with E-state index >= 15 is 0 Å². The summed E-state index contributed by atoms with van der Waals surface area (Å²) in [5.74, 6) is -1.29. The summed E-state index contributed by atoms with van der Waals surface area (Å²) in [7, 11) is 2.76. The quantitative estimate of drug-likeness (QED) is 0.304. The van der Waals surface area contributed by atoms with Gasteiger partial charge in [0.15, 0.2) is 11.9 Å². The maximum Gasteiger partial charge on any atom is 0.377 e. The average molecular weight is 408 g/mol. The van der Waals surface area contributed by atoms with Crippen molar-refractivity contribution in [3.8, 4) is 0 Å². The third-order valence-corrected chi connectivity index (χ3v) is 4.45. The Morgan fingerprint density at radius 3 is 2.28 bits per heavy atom. The van der Waals surface area contributed by atoms with E-state index in [4.69, 9.17) is 18.9 Å². The van der Waals surface area contributed by atoms with Crippen LogP contribution in [0.4, 0.5) is 0 Å². The van der Waals surface area contributed by atoms with Gasteiger partial charge in [0.1, 0.15) is 6.61 Å². The Bertz CT molecular complexity index is 654. The highest BCUT2D eigenvalue weighted by atomic mass is 16.6. The van der Waals surface area contributed by atoms with Gasteiger partial charge in [0.2, 0.25) is 5.76 Å². The van der Waals surface area contributed by atoms with Crippen LogP contribution < -0.4 is 0 Å². The molecule has 1 aromatic rings. The molecular weight excluding hydrogens is 376 g/mol. The largest absolute Gasteiger partial charge is 0.492 e. The molecule has 0 radical (unpaired) electrons. The second kappa shape index (κ2) is 13.6. The lowest BCUT2D eigenvalue weighted by molar-refractivity contribution is -0.164. The molecule has 0 fully saturated rings. The molecule has 0 aromatic heterocycles. The molecule has 0 aliphatic carbocycles. The number of carbonyl (C=O) groups excluding carboxylic acids is 2. The summed E-state index contributed by atoms with van der Waals surface area (Å²) >= 11 is 0. The molecule has 7 nitrogen and oxygen atoms in total. The number of unbranched alkanes of at least 4 members (excludes halogenated alkanes) is 1. The number of esters is 2. The van der Waals surface area contributed by atoms with E-state index in [2.05, 4.69) is 6.92 Å². The molecule has 0 bridgehead atoms. The fourth-order valence-corrected chi connectivity index (χ4v) is 2.76. The van der Waals surface area contributed by atoms with Gasteiger partial charge in [-0.25, -0.2) is 4.79 Å². The van der Waals surface area contributed by atoms with Gasteiger partial charge in [0.05, 0.1) is 26.7 Å². The van der Waals surface area contributed by atoms with E-state index < -0.39 is 18.7 Å². The van der Waals surface area contributed by atoms with Gasteiger partial charge in [0, 0.05) is 5.56 Å². The van der Waals surface area contributed by atoms with Crippen LogP contribution in [-0.4, -0.2) is 50.6 Å². The number of benzene rings is 1. The first kappa shape index (κ1) is 24.5. The number of methoxy groups -OCH3 is 2. The Hall–Kier alpha value is -2.54. The van der Waals surface area contributed by atoms with Gasteiger partial charge in [-0.2, -0.15) is 0 Å². The highest BCUT2D eigenvalue weighted by molar-refractivity contribution is 5.94. The summed E-state index contributed by atoms with van der Waals surface area (Å²) in [6.45, 7) is 3.23.